The summed E-state index contributed by atoms with van der Waals surface area (Å²) < 4.78 is 5.24. The number of amides is 2. The number of carbonyl (C=O) groups is 2. The van der Waals surface area contributed by atoms with Crippen LogP contribution in [0.25, 0.3) is 0 Å². The minimum atomic E-state index is -0.179. The summed E-state index contributed by atoms with van der Waals surface area (Å²) in [7, 11) is 3.99. The third-order valence-corrected chi connectivity index (χ3v) is 3.61. The number of rotatable bonds is 6. The van der Waals surface area contributed by atoms with Gasteiger partial charge in [-0.3, -0.25) is 14.6 Å². The molecule has 7 nitrogen and oxygen atoms in total. The Kier molecular flexibility index (Phi) is 6.49. The molecule has 7 heteroatoms. The van der Waals surface area contributed by atoms with Gasteiger partial charge < -0.3 is 19.9 Å². The summed E-state index contributed by atoms with van der Waals surface area (Å²) in [6, 6.07) is 3.18. The molecule has 1 aliphatic rings. The second kappa shape index (κ2) is 8.59. The van der Waals surface area contributed by atoms with Gasteiger partial charge in [0.15, 0.2) is 0 Å². The third kappa shape index (κ3) is 5.30. The molecule has 0 unspecified atom stereocenters. The van der Waals surface area contributed by atoms with Crippen LogP contribution in [0.15, 0.2) is 18.3 Å². The molecule has 126 valence electrons. The molecule has 2 heterocycles. The molecule has 0 atom stereocenters. The van der Waals surface area contributed by atoms with E-state index in [1.54, 1.807) is 17.0 Å². The highest BCUT2D eigenvalue weighted by Gasteiger charge is 2.20. The fourth-order valence-corrected chi connectivity index (χ4v) is 2.32. The van der Waals surface area contributed by atoms with Gasteiger partial charge in [-0.25, -0.2) is 0 Å². The first-order valence-corrected chi connectivity index (χ1v) is 7.84. The van der Waals surface area contributed by atoms with Crippen molar-refractivity contribution >= 4 is 11.8 Å². The highest BCUT2D eigenvalue weighted by Crippen LogP contribution is 2.08. The first kappa shape index (κ1) is 17.4. The molecular formula is C16H24N4O3. The Hall–Kier alpha value is -1.99. The molecule has 0 aromatic carbocycles. The molecule has 1 aromatic heterocycles. The Balaban J connectivity index is 1.93. The average Bonchev–Trinajstić information content (AvgIpc) is 2.58. The molecule has 0 spiro atoms. The maximum Gasteiger partial charge on any atom is 0.272 e. The normalized spacial score (nSPS) is 14.8. The number of nitrogens with one attached hydrogen (secondary N) is 1. The molecule has 1 aliphatic heterocycles. The standard InChI is InChI=1S/C16H24N4O3/c1-19(2)7-3-5-18-15(21)13-4-6-17-14(12-13)16(22)20-8-10-23-11-9-20/h4,6,12H,3,5,7-11H2,1-2H3,(H,18,21). The number of nitrogens with zero attached hydrogens (tertiary/aromatic N) is 3. The van der Waals surface area contributed by atoms with Crippen molar-refractivity contribution in [1.82, 2.24) is 20.1 Å². The lowest BCUT2D eigenvalue weighted by molar-refractivity contribution is 0.0299. The molecule has 2 rings (SSSR count). The van der Waals surface area contributed by atoms with E-state index >= 15 is 0 Å². The number of morpholine rings is 1. The van der Waals surface area contributed by atoms with Gasteiger partial charge in [-0.15, -0.1) is 0 Å². The van der Waals surface area contributed by atoms with Gasteiger partial charge in [-0.2, -0.15) is 0 Å². The van der Waals surface area contributed by atoms with Gasteiger partial charge in [-0.05, 0) is 39.2 Å². The van der Waals surface area contributed by atoms with E-state index in [4.69, 9.17) is 4.74 Å². The molecule has 1 saturated heterocycles. The average molecular weight is 320 g/mol. The Labute approximate surface area is 136 Å². The lowest BCUT2D eigenvalue weighted by atomic mass is 10.2. The van der Waals surface area contributed by atoms with E-state index in [9.17, 15) is 9.59 Å². The van der Waals surface area contributed by atoms with Crippen molar-refractivity contribution in [3.63, 3.8) is 0 Å². The van der Waals surface area contributed by atoms with E-state index in [0.29, 0.717) is 44.1 Å². The van der Waals surface area contributed by atoms with Crippen LogP contribution < -0.4 is 5.32 Å². The largest absolute Gasteiger partial charge is 0.378 e. The summed E-state index contributed by atoms with van der Waals surface area (Å²) in [4.78, 5) is 32.4. The maximum atomic E-state index is 12.4. The highest BCUT2D eigenvalue weighted by atomic mass is 16.5. The maximum absolute atomic E-state index is 12.4. The molecule has 1 aromatic rings. The smallest absolute Gasteiger partial charge is 0.272 e. The van der Waals surface area contributed by atoms with Gasteiger partial charge >= 0.3 is 0 Å². The molecule has 1 fully saturated rings. The molecule has 0 bridgehead atoms. The Morgan fingerprint density at radius 1 is 1.35 bits per heavy atom. The van der Waals surface area contributed by atoms with Gasteiger partial charge in [0.05, 0.1) is 13.2 Å². The summed E-state index contributed by atoms with van der Waals surface area (Å²) in [6.45, 7) is 3.71. The third-order valence-electron chi connectivity index (χ3n) is 3.61. The topological polar surface area (TPSA) is 74.8 Å². The summed E-state index contributed by atoms with van der Waals surface area (Å²) in [5.41, 5.74) is 0.759. The van der Waals surface area contributed by atoms with Crippen LogP contribution in [-0.2, 0) is 4.74 Å². The lowest BCUT2D eigenvalue weighted by Gasteiger charge is -2.26. The number of carbonyl (C=O) groups excluding carboxylic acids is 2. The summed E-state index contributed by atoms with van der Waals surface area (Å²) in [6.07, 6.45) is 2.38. The molecular weight excluding hydrogens is 296 g/mol. The van der Waals surface area contributed by atoms with Crippen molar-refractivity contribution in [1.29, 1.82) is 0 Å². The van der Waals surface area contributed by atoms with Crippen LogP contribution >= 0.6 is 0 Å². The molecule has 1 N–H and O–H groups in total. The van der Waals surface area contributed by atoms with Crippen molar-refractivity contribution in [2.75, 3.05) is 53.5 Å². The fourth-order valence-electron chi connectivity index (χ4n) is 2.32. The zero-order chi connectivity index (χ0) is 16.7. The van der Waals surface area contributed by atoms with E-state index in [2.05, 4.69) is 15.2 Å². The Morgan fingerprint density at radius 2 is 2.09 bits per heavy atom. The fraction of sp³-hybridized carbons (Fsp3) is 0.562. The first-order chi connectivity index (χ1) is 11.1. The Morgan fingerprint density at radius 3 is 2.78 bits per heavy atom. The predicted octanol–water partition coefficient (Wildman–Crippen LogP) is 0.236. The van der Waals surface area contributed by atoms with Crippen LogP contribution in [0.3, 0.4) is 0 Å². The SMILES string of the molecule is CN(C)CCCNC(=O)c1ccnc(C(=O)N2CCOCC2)c1. The van der Waals surface area contributed by atoms with E-state index in [0.717, 1.165) is 13.0 Å². The van der Waals surface area contributed by atoms with Crippen LogP contribution in [0.5, 0.6) is 0 Å². The van der Waals surface area contributed by atoms with Crippen LogP contribution in [0.2, 0.25) is 0 Å². The minimum Gasteiger partial charge on any atom is -0.378 e. The van der Waals surface area contributed by atoms with Gasteiger partial charge in [0.2, 0.25) is 0 Å². The van der Waals surface area contributed by atoms with Crippen LogP contribution in [-0.4, -0.2) is 80.1 Å². The predicted molar refractivity (Wildman–Crippen MR) is 86.5 cm³/mol. The number of hydrogen-bond donors (Lipinski definition) is 1. The first-order valence-electron chi connectivity index (χ1n) is 7.84. The number of ether oxygens (including phenoxy) is 1. The molecule has 0 saturated carbocycles. The van der Waals surface area contributed by atoms with Crippen LogP contribution in [0.1, 0.15) is 27.3 Å². The van der Waals surface area contributed by atoms with Crippen LogP contribution in [0.4, 0.5) is 0 Å². The van der Waals surface area contributed by atoms with E-state index in [-0.39, 0.29) is 11.8 Å². The number of hydrogen-bond acceptors (Lipinski definition) is 5. The Bertz CT molecular complexity index is 542. The lowest BCUT2D eigenvalue weighted by Crippen LogP contribution is -2.41. The number of aromatic nitrogens is 1. The monoisotopic (exact) mass is 320 g/mol. The van der Waals surface area contributed by atoms with Gasteiger partial charge in [0.1, 0.15) is 5.69 Å². The molecule has 23 heavy (non-hydrogen) atoms. The van der Waals surface area contributed by atoms with Crippen molar-refractivity contribution in [2.45, 2.75) is 6.42 Å². The minimum absolute atomic E-state index is 0.157. The van der Waals surface area contributed by atoms with Gasteiger partial charge in [0.25, 0.3) is 11.8 Å². The highest BCUT2D eigenvalue weighted by molar-refractivity contribution is 5.98. The zero-order valence-electron chi connectivity index (χ0n) is 13.7. The number of pyridine rings is 1. The second-order valence-corrected chi connectivity index (χ2v) is 5.75. The van der Waals surface area contributed by atoms with Crippen molar-refractivity contribution < 1.29 is 14.3 Å². The van der Waals surface area contributed by atoms with Crippen molar-refractivity contribution in [2.24, 2.45) is 0 Å². The van der Waals surface area contributed by atoms with E-state index < -0.39 is 0 Å². The second-order valence-electron chi connectivity index (χ2n) is 5.75. The van der Waals surface area contributed by atoms with Crippen molar-refractivity contribution in [3.05, 3.63) is 29.6 Å². The molecule has 2 amide bonds. The molecule has 0 radical (unpaired) electrons. The van der Waals surface area contributed by atoms with Gasteiger partial charge in [-0.1, -0.05) is 0 Å². The summed E-state index contributed by atoms with van der Waals surface area (Å²) in [5, 5.41) is 2.86. The zero-order valence-corrected chi connectivity index (χ0v) is 13.7. The van der Waals surface area contributed by atoms with Crippen LogP contribution in [0, 0.1) is 0 Å². The summed E-state index contributed by atoms with van der Waals surface area (Å²) >= 11 is 0. The van der Waals surface area contributed by atoms with E-state index in [1.165, 1.54) is 6.20 Å². The van der Waals surface area contributed by atoms with E-state index in [1.807, 2.05) is 14.1 Å². The summed E-state index contributed by atoms with van der Waals surface area (Å²) in [5.74, 6) is -0.335. The van der Waals surface area contributed by atoms with Crippen molar-refractivity contribution in [3.8, 4) is 0 Å². The molecule has 0 aliphatic carbocycles. The quantitative estimate of drug-likeness (QED) is 0.760. The van der Waals surface area contributed by atoms with Gasteiger partial charge in [0, 0.05) is 31.4 Å².